The summed E-state index contributed by atoms with van der Waals surface area (Å²) in [6.45, 7) is 4.92. The largest absolute Gasteiger partial charge is 0.507 e. The van der Waals surface area contributed by atoms with Crippen molar-refractivity contribution in [2.24, 2.45) is 0 Å². The number of benzene rings is 2. The molecular weight excluding hydrogens is 492 g/mol. The van der Waals surface area contributed by atoms with E-state index in [1.165, 1.54) is 19.1 Å². The number of Topliss-reactive ketones (excluding diaryl/α,β-unsaturated/α-hetero) is 1. The fourth-order valence-corrected chi connectivity index (χ4v) is 5.20. The Morgan fingerprint density at radius 3 is 2.47 bits per heavy atom. The summed E-state index contributed by atoms with van der Waals surface area (Å²) in [5, 5.41) is 11.5. The fourth-order valence-electron chi connectivity index (χ4n) is 5.20. The molecule has 3 aliphatic rings. The molecule has 2 aromatic carbocycles. The number of aliphatic hydroxyl groups is 1. The number of hydrogen-bond donors (Lipinski definition) is 1. The second kappa shape index (κ2) is 11.3. The first-order valence-electron chi connectivity index (χ1n) is 12.7. The maximum atomic E-state index is 13.5. The maximum Gasteiger partial charge on any atom is 0.295 e. The van der Waals surface area contributed by atoms with E-state index in [1.54, 1.807) is 36.4 Å². The van der Waals surface area contributed by atoms with Gasteiger partial charge in [-0.05, 0) is 30.7 Å². The second-order valence-electron chi connectivity index (χ2n) is 9.24. The summed E-state index contributed by atoms with van der Waals surface area (Å²) in [5.74, 6) is 0.180. The molecule has 1 N–H and O–H groups in total. The van der Waals surface area contributed by atoms with Gasteiger partial charge in [0.15, 0.2) is 23.0 Å². The number of fused-ring (bicyclic) bond motifs is 1. The summed E-state index contributed by atoms with van der Waals surface area (Å²) in [5.41, 5.74) is 0.897. The zero-order valence-corrected chi connectivity index (χ0v) is 21.6. The molecule has 3 heterocycles. The van der Waals surface area contributed by atoms with Crippen LogP contribution in [0.3, 0.4) is 0 Å². The van der Waals surface area contributed by atoms with Crippen molar-refractivity contribution in [1.29, 1.82) is 0 Å². The first-order chi connectivity index (χ1) is 18.5. The Morgan fingerprint density at radius 2 is 1.74 bits per heavy atom. The number of likely N-dealkylation sites (tertiary alicyclic amines) is 1. The van der Waals surface area contributed by atoms with Gasteiger partial charge in [0.25, 0.3) is 11.7 Å². The normalized spacial score (nSPS) is 21.0. The lowest BCUT2D eigenvalue weighted by atomic mass is 9.94. The lowest BCUT2D eigenvalue weighted by Gasteiger charge is -2.30. The molecule has 0 spiro atoms. The van der Waals surface area contributed by atoms with Gasteiger partial charge in [-0.15, -0.1) is 0 Å². The molecule has 0 aliphatic carbocycles. The molecule has 1 amide bonds. The van der Waals surface area contributed by atoms with E-state index in [9.17, 15) is 14.7 Å². The number of nitrogens with zero attached hydrogens (tertiary/aromatic N) is 2. The number of aliphatic hydroxyl groups excluding tert-OH is 1. The average Bonchev–Trinajstić information content (AvgIpc) is 3.21. The third-order valence-corrected chi connectivity index (χ3v) is 7.06. The van der Waals surface area contributed by atoms with Crippen LogP contribution in [0, 0.1) is 0 Å². The molecule has 0 radical (unpaired) electrons. The highest BCUT2D eigenvalue weighted by molar-refractivity contribution is 6.46. The number of ketones is 1. The van der Waals surface area contributed by atoms with Crippen molar-refractivity contribution in [1.82, 2.24) is 9.80 Å². The predicted molar refractivity (Wildman–Crippen MR) is 138 cm³/mol. The molecule has 1 atom stereocenters. The number of rotatable bonds is 8. The minimum atomic E-state index is -0.863. The van der Waals surface area contributed by atoms with E-state index in [0.29, 0.717) is 73.5 Å². The first kappa shape index (κ1) is 25.9. The van der Waals surface area contributed by atoms with E-state index < -0.39 is 17.7 Å². The number of carbonyl (C=O) groups is 2. The van der Waals surface area contributed by atoms with E-state index >= 15 is 0 Å². The Labute approximate surface area is 221 Å². The molecule has 10 nitrogen and oxygen atoms in total. The van der Waals surface area contributed by atoms with Crippen LogP contribution in [0.2, 0.25) is 0 Å². The highest BCUT2D eigenvalue weighted by Crippen LogP contribution is 2.46. The monoisotopic (exact) mass is 524 g/mol. The molecule has 2 fully saturated rings. The van der Waals surface area contributed by atoms with Crippen molar-refractivity contribution in [2.75, 3.05) is 66.8 Å². The first-order valence-corrected chi connectivity index (χ1v) is 12.7. The van der Waals surface area contributed by atoms with Gasteiger partial charge in [-0.2, -0.15) is 0 Å². The quantitative estimate of drug-likeness (QED) is 0.317. The van der Waals surface area contributed by atoms with Crippen LogP contribution in [0.1, 0.15) is 23.6 Å². The van der Waals surface area contributed by atoms with Crippen LogP contribution in [-0.2, 0) is 14.3 Å². The average molecular weight is 525 g/mol. The summed E-state index contributed by atoms with van der Waals surface area (Å²) in [4.78, 5) is 30.6. The summed E-state index contributed by atoms with van der Waals surface area (Å²) in [7, 11) is 3.03. The van der Waals surface area contributed by atoms with E-state index in [2.05, 4.69) is 4.90 Å². The lowest BCUT2D eigenvalue weighted by Crippen LogP contribution is -2.39. The highest BCUT2D eigenvalue weighted by atomic mass is 16.6. The molecule has 2 saturated heterocycles. The van der Waals surface area contributed by atoms with Gasteiger partial charge < -0.3 is 33.7 Å². The molecule has 0 aromatic heterocycles. The van der Waals surface area contributed by atoms with Crippen LogP contribution in [0.5, 0.6) is 23.0 Å². The molecular formula is C28H32N2O8. The second-order valence-corrected chi connectivity index (χ2v) is 9.24. The van der Waals surface area contributed by atoms with Crippen molar-refractivity contribution < 1.29 is 38.4 Å². The molecule has 0 bridgehead atoms. The Kier molecular flexibility index (Phi) is 7.71. The van der Waals surface area contributed by atoms with Crippen LogP contribution in [-0.4, -0.2) is 93.4 Å². The highest BCUT2D eigenvalue weighted by Gasteiger charge is 2.47. The van der Waals surface area contributed by atoms with Crippen molar-refractivity contribution in [2.45, 2.75) is 12.5 Å². The summed E-state index contributed by atoms with van der Waals surface area (Å²) >= 11 is 0. The van der Waals surface area contributed by atoms with Gasteiger partial charge in [0, 0.05) is 37.3 Å². The number of ether oxygens (including phenoxy) is 5. The van der Waals surface area contributed by atoms with E-state index in [-0.39, 0.29) is 11.3 Å². The topological polar surface area (TPSA) is 107 Å². The number of hydrogen-bond acceptors (Lipinski definition) is 9. The Hall–Kier alpha value is -3.76. The van der Waals surface area contributed by atoms with Gasteiger partial charge in [0.2, 0.25) is 0 Å². The number of morpholine rings is 1. The molecule has 3 aliphatic heterocycles. The molecule has 1 unspecified atom stereocenters. The smallest absolute Gasteiger partial charge is 0.295 e. The van der Waals surface area contributed by atoms with Gasteiger partial charge in [0.1, 0.15) is 19.0 Å². The third kappa shape index (κ3) is 4.89. The lowest BCUT2D eigenvalue weighted by molar-refractivity contribution is -0.140. The molecule has 0 saturated carbocycles. The number of para-hydroxylation sites is 1. The van der Waals surface area contributed by atoms with Crippen LogP contribution >= 0.6 is 0 Å². The summed E-state index contributed by atoms with van der Waals surface area (Å²) in [6, 6.07) is 9.39. The molecule has 2 aromatic rings. The zero-order valence-electron chi connectivity index (χ0n) is 21.6. The van der Waals surface area contributed by atoms with Gasteiger partial charge in [-0.1, -0.05) is 12.1 Å². The minimum Gasteiger partial charge on any atom is -0.507 e. The fraction of sp³-hybridized carbons (Fsp3) is 0.429. The molecule has 10 heteroatoms. The number of amides is 1. The van der Waals surface area contributed by atoms with Crippen LogP contribution in [0.4, 0.5) is 0 Å². The van der Waals surface area contributed by atoms with Crippen LogP contribution in [0.25, 0.3) is 5.76 Å². The number of methoxy groups -OCH3 is 2. The van der Waals surface area contributed by atoms with Crippen molar-refractivity contribution >= 4 is 17.4 Å². The molecule has 202 valence electrons. The standard InChI is InChI=1S/C28H32N2O8/c1-34-21-6-3-5-19(27(21)35-2)24-23(25(31)18-7-8-20-22(17-18)38-16-15-37-20)26(32)28(33)30(24)10-4-9-29-11-13-36-14-12-29/h3,5-8,17,24,31H,4,9-16H2,1-2H3. The van der Waals surface area contributed by atoms with Crippen LogP contribution < -0.4 is 18.9 Å². The van der Waals surface area contributed by atoms with Crippen LogP contribution in [0.15, 0.2) is 42.0 Å². The van der Waals surface area contributed by atoms with E-state index in [1.807, 2.05) is 0 Å². The van der Waals surface area contributed by atoms with Crippen molar-refractivity contribution in [3.63, 3.8) is 0 Å². The van der Waals surface area contributed by atoms with Gasteiger partial charge in [-0.25, -0.2) is 0 Å². The summed E-state index contributed by atoms with van der Waals surface area (Å²) < 4.78 is 27.8. The van der Waals surface area contributed by atoms with Gasteiger partial charge >= 0.3 is 0 Å². The third-order valence-electron chi connectivity index (χ3n) is 7.06. The van der Waals surface area contributed by atoms with E-state index in [4.69, 9.17) is 23.7 Å². The number of carbonyl (C=O) groups excluding carboxylic acids is 2. The van der Waals surface area contributed by atoms with Gasteiger partial charge in [0.05, 0.1) is 39.0 Å². The predicted octanol–water partition coefficient (Wildman–Crippen LogP) is 2.62. The molecule has 38 heavy (non-hydrogen) atoms. The maximum absolute atomic E-state index is 13.5. The minimum absolute atomic E-state index is 0.00963. The van der Waals surface area contributed by atoms with Crippen molar-refractivity contribution in [3.8, 4) is 23.0 Å². The Morgan fingerprint density at radius 1 is 0.974 bits per heavy atom. The Bertz CT molecular complexity index is 1240. The zero-order chi connectivity index (χ0) is 26.6. The molecule has 5 rings (SSSR count). The van der Waals surface area contributed by atoms with Crippen molar-refractivity contribution in [3.05, 3.63) is 53.1 Å². The van der Waals surface area contributed by atoms with E-state index in [0.717, 1.165) is 19.6 Å². The SMILES string of the molecule is COc1cccc(C2C(=C(O)c3ccc4c(c3)OCCO4)C(=O)C(=O)N2CCCN2CCOCC2)c1OC. The van der Waals surface area contributed by atoms with Gasteiger partial charge in [-0.3, -0.25) is 14.5 Å². The summed E-state index contributed by atoms with van der Waals surface area (Å²) in [6.07, 6.45) is 0.653. The Balaban J connectivity index is 1.55.